The average molecular weight is 205 g/mol. The number of aryl methyl sites for hydroxylation is 1. The molecule has 0 saturated heterocycles. The highest BCUT2D eigenvalue weighted by atomic mass is 15.0. The molecule has 15 heavy (non-hydrogen) atoms. The van der Waals surface area contributed by atoms with Crippen LogP contribution in [0, 0.1) is 6.92 Å². The van der Waals surface area contributed by atoms with Crippen molar-refractivity contribution in [3.8, 4) is 0 Å². The van der Waals surface area contributed by atoms with Gasteiger partial charge in [0.1, 0.15) is 5.82 Å². The molecule has 0 amide bonds. The Kier molecular flexibility index (Phi) is 3.21. The van der Waals surface area contributed by atoms with E-state index in [-0.39, 0.29) is 0 Å². The van der Waals surface area contributed by atoms with Gasteiger partial charge in [-0.05, 0) is 38.3 Å². The highest BCUT2D eigenvalue weighted by Crippen LogP contribution is 2.20. The number of nitrogens with one attached hydrogen (secondary N) is 2. The second-order valence-electron chi connectivity index (χ2n) is 4.13. The number of hydrogen-bond donors (Lipinski definition) is 2. The van der Waals surface area contributed by atoms with E-state index in [1.807, 2.05) is 0 Å². The molecule has 1 aromatic rings. The van der Waals surface area contributed by atoms with Crippen molar-refractivity contribution in [2.75, 3.05) is 11.9 Å². The molecule has 82 valence electrons. The number of nitrogens with zero attached hydrogens (tertiary/aromatic N) is 1. The van der Waals surface area contributed by atoms with Crippen molar-refractivity contribution in [1.82, 2.24) is 10.3 Å². The second kappa shape index (κ2) is 4.62. The third-order valence-corrected chi connectivity index (χ3v) is 2.71. The van der Waals surface area contributed by atoms with Crippen LogP contribution in [-0.2, 0) is 6.54 Å². The molecule has 3 heteroatoms. The lowest BCUT2D eigenvalue weighted by Crippen LogP contribution is -2.16. The number of anilines is 1. The van der Waals surface area contributed by atoms with Crippen LogP contribution < -0.4 is 10.6 Å². The van der Waals surface area contributed by atoms with Gasteiger partial charge in [-0.2, -0.15) is 0 Å². The van der Waals surface area contributed by atoms with E-state index in [0.29, 0.717) is 0 Å². The van der Waals surface area contributed by atoms with E-state index in [9.17, 15) is 0 Å². The van der Waals surface area contributed by atoms with Gasteiger partial charge in [0.25, 0.3) is 0 Å². The Hall–Kier alpha value is -1.09. The highest BCUT2D eigenvalue weighted by Gasteiger charge is 2.20. The summed E-state index contributed by atoms with van der Waals surface area (Å²) >= 11 is 0. The standard InChI is InChI=1S/C12H19N3/c1-3-13-12-7-4-10(9(2)15-12)8-14-11-5-6-11/h4,7,11,14H,3,5-6,8H2,1-2H3,(H,13,15). The lowest BCUT2D eigenvalue weighted by Gasteiger charge is -2.09. The minimum atomic E-state index is 0.762. The summed E-state index contributed by atoms with van der Waals surface area (Å²) < 4.78 is 0. The van der Waals surface area contributed by atoms with E-state index in [1.54, 1.807) is 0 Å². The zero-order valence-electron chi connectivity index (χ0n) is 9.51. The van der Waals surface area contributed by atoms with E-state index >= 15 is 0 Å². The second-order valence-corrected chi connectivity index (χ2v) is 4.13. The van der Waals surface area contributed by atoms with Crippen LogP contribution >= 0.6 is 0 Å². The predicted octanol–water partition coefficient (Wildman–Crippen LogP) is 2.07. The fraction of sp³-hybridized carbons (Fsp3) is 0.583. The number of hydrogen-bond acceptors (Lipinski definition) is 3. The first kappa shape index (κ1) is 10.4. The summed E-state index contributed by atoms with van der Waals surface area (Å²) in [6.45, 7) is 6.03. The first-order chi connectivity index (χ1) is 7.29. The van der Waals surface area contributed by atoms with Gasteiger partial charge in [-0.3, -0.25) is 0 Å². The molecule has 0 aliphatic heterocycles. The van der Waals surface area contributed by atoms with Crippen LogP contribution in [0.2, 0.25) is 0 Å². The molecule has 0 radical (unpaired) electrons. The molecule has 0 atom stereocenters. The van der Waals surface area contributed by atoms with Crippen LogP contribution in [0.25, 0.3) is 0 Å². The maximum absolute atomic E-state index is 4.51. The minimum Gasteiger partial charge on any atom is -0.370 e. The molecular formula is C12H19N3. The molecule has 3 nitrogen and oxygen atoms in total. The van der Waals surface area contributed by atoms with E-state index in [2.05, 4.69) is 41.6 Å². The normalized spacial score (nSPS) is 15.3. The molecule has 0 spiro atoms. The van der Waals surface area contributed by atoms with Gasteiger partial charge in [-0.1, -0.05) is 6.07 Å². The molecule has 0 aromatic carbocycles. The third-order valence-electron chi connectivity index (χ3n) is 2.71. The summed E-state index contributed by atoms with van der Waals surface area (Å²) in [4.78, 5) is 4.51. The van der Waals surface area contributed by atoms with Crippen molar-refractivity contribution in [2.24, 2.45) is 0 Å². The van der Waals surface area contributed by atoms with Crippen LogP contribution in [0.3, 0.4) is 0 Å². The Bertz CT molecular complexity index is 332. The Balaban J connectivity index is 1.97. The lowest BCUT2D eigenvalue weighted by atomic mass is 10.2. The fourth-order valence-electron chi connectivity index (χ4n) is 1.60. The fourth-order valence-corrected chi connectivity index (χ4v) is 1.60. The van der Waals surface area contributed by atoms with Gasteiger partial charge in [0, 0.05) is 24.8 Å². The van der Waals surface area contributed by atoms with Gasteiger partial charge >= 0.3 is 0 Å². The van der Waals surface area contributed by atoms with Gasteiger partial charge < -0.3 is 10.6 Å². The number of rotatable bonds is 5. The van der Waals surface area contributed by atoms with Crippen molar-refractivity contribution >= 4 is 5.82 Å². The summed E-state index contributed by atoms with van der Waals surface area (Å²) in [5.74, 6) is 0.977. The average Bonchev–Trinajstić information content (AvgIpc) is 3.01. The molecule has 1 heterocycles. The molecule has 2 N–H and O–H groups in total. The largest absolute Gasteiger partial charge is 0.370 e. The van der Waals surface area contributed by atoms with Crippen molar-refractivity contribution in [1.29, 1.82) is 0 Å². The van der Waals surface area contributed by atoms with E-state index < -0.39 is 0 Å². The molecule has 1 aliphatic rings. The van der Waals surface area contributed by atoms with Crippen LogP contribution in [0.15, 0.2) is 12.1 Å². The predicted molar refractivity (Wildman–Crippen MR) is 63.0 cm³/mol. The van der Waals surface area contributed by atoms with E-state index in [0.717, 1.165) is 30.6 Å². The molecule has 1 saturated carbocycles. The summed E-state index contributed by atoms with van der Waals surface area (Å²) in [7, 11) is 0. The van der Waals surface area contributed by atoms with Crippen LogP contribution in [0.4, 0.5) is 5.82 Å². The molecule has 2 rings (SSSR count). The molecule has 0 bridgehead atoms. The summed E-state index contributed by atoms with van der Waals surface area (Å²) in [5, 5.41) is 6.73. The van der Waals surface area contributed by atoms with Crippen LogP contribution in [0.5, 0.6) is 0 Å². The third kappa shape index (κ3) is 2.93. The van der Waals surface area contributed by atoms with Crippen molar-refractivity contribution < 1.29 is 0 Å². The van der Waals surface area contributed by atoms with Gasteiger partial charge in [0.15, 0.2) is 0 Å². The highest BCUT2D eigenvalue weighted by molar-refractivity contribution is 5.38. The Morgan fingerprint density at radius 1 is 1.40 bits per heavy atom. The summed E-state index contributed by atoms with van der Waals surface area (Å²) in [6.07, 6.45) is 2.67. The molecule has 0 unspecified atom stereocenters. The minimum absolute atomic E-state index is 0.762. The molecule has 1 fully saturated rings. The smallest absolute Gasteiger partial charge is 0.126 e. The number of pyridine rings is 1. The topological polar surface area (TPSA) is 37.0 Å². The van der Waals surface area contributed by atoms with Gasteiger partial charge in [0.05, 0.1) is 0 Å². The SMILES string of the molecule is CCNc1ccc(CNC2CC2)c(C)n1. The zero-order valence-corrected chi connectivity index (χ0v) is 9.51. The quantitative estimate of drug-likeness (QED) is 0.772. The van der Waals surface area contributed by atoms with Crippen molar-refractivity contribution in [3.63, 3.8) is 0 Å². The maximum Gasteiger partial charge on any atom is 0.126 e. The molecule has 1 aromatic heterocycles. The summed E-state index contributed by atoms with van der Waals surface area (Å²) in [6, 6.07) is 4.98. The number of aromatic nitrogens is 1. The Morgan fingerprint density at radius 2 is 2.20 bits per heavy atom. The Morgan fingerprint density at radius 3 is 2.80 bits per heavy atom. The first-order valence-electron chi connectivity index (χ1n) is 5.73. The van der Waals surface area contributed by atoms with Crippen molar-refractivity contribution in [3.05, 3.63) is 23.4 Å². The van der Waals surface area contributed by atoms with Gasteiger partial charge in [0.2, 0.25) is 0 Å². The van der Waals surface area contributed by atoms with Gasteiger partial charge in [-0.25, -0.2) is 4.98 Å². The van der Waals surface area contributed by atoms with Crippen molar-refractivity contribution in [2.45, 2.75) is 39.3 Å². The van der Waals surface area contributed by atoms with Crippen LogP contribution in [-0.4, -0.2) is 17.6 Å². The molecular weight excluding hydrogens is 186 g/mol. The zero-order chi connectivity index (χ0) is 10.7. The Labute approximate surface area is 91.3 Å². The first-order valence-corrected chi connectivity index (χ1v) is 5.73. The molecule has 1 aliphatic carbocycles. The van der Waals surface area contributed by atoms with Crippen LogP contribution in [0.1, 0.15) is 31.0 Å². The maximum atomic E-state index is 4.51. The lowest BCUT2D eigenvalue weighted by molar-refractivity contribution is 0.682. The van der Waals surface area contributed by atoms with E-state index in [1.165, 1.54) is 18.4 Å². The summed E-state index contributed by atoms with van der Waals surface area (Å²) in [5.41, 5.74) is 2.44. The van der Waals surface area contributed by atoms with E-state index in [4.69, 9.17) is 0 Å². The van der Waals surface area contributed by atoms with Gasteiger partial charge in [-0.15, -0.1) is 0 Å². The monoisotopic (exact) mass is 205 g/mol.